The Bertz CT molecular complexity index is 1970. The van der Waals surface area contributed by atoms with Crippen LogP contribution in [0.15, 0.2) is 78.7 Å². The largest absolute Gasteiger partial charge is 0.474 e. The first kappa shape index (κ1) is 37.3. The van der Waals surface area contributed by atoms with Crippen LogP contribution in [0.2, 0.25) is 0 Å². The number of esters is 2. The van der Waals surface area contributed by atoms with Gasteiger partial charge in [-0.3, -0.25) is 0 Å². The van der Waals surface area contributed by atoms with Crippen LogP contribution in [0.25, 0.3) is 11.0 Å². The lowest BCUT2D eigenvalue weighted by atomic mass is 9.98. The maximum absolute atomic E-state index is 15.6. The molecule has 4 rings (SSSR count). The number of benzene rings is 3. The van der Waals surface area contributed by atoms with Crippen LogP contribution in [-0.4, -0.2) is 47.4 Å². The van der Waals surface area contributed by atoms with Gasteiger partial charge in [-0.15, -0.1) is 0 Å². The number of carbonyl (C=O) groups excluding carboxylic acids is 2. The molecule has 0 spiro atoms. The van der Waals surface area contributed by atoms with Gasteiger partial charge in [0.2, 0.25) is 0 Å². The number of nitrogens with zero attached hydrogens (tertiary/aromatic N) is 3. The molecule has 12 heteroatoms. The third kappa shape index (κ3) is 9.54. The number of methoxy groups -OCH3 is 2. The Morgan fingerprint density at radius 2 is 1.76 bits per heavy atom. The summed E-state index contributed by atoms with van der Waals surface area (Å²) < 4.78 is 52.7. The highest BCUT2D eigenvalue weighted by atomic mass is 19.1. The molecule has 0 bridgehead atoms. The zero-order valence-electron chi connectivity index (χ0n) is 28.8. The minimum absolute atomic E-state index is 0.0110. The van der Waals surface area contributed by atoms with E-state index in [4.69, 9.17) is 34.9 Å². The second kappa shape index (κ2) is 16.2. The lowest BCUT2D eigenvalue weighted by Crippen LogP contribution is -2.30. The highest BCUT2D eigenvalue weighted by Crippen LogP contribution is 2.26. The van der Waals surface area contributed by atoms with E-state index < -0.39 is 35.3 Å². The van der Waals surface area contributed by atoms with Crippen molar-refractivity contribution in [2.24, 2.45) is 5.73 Å². The second-order valence-electron chi connectivity index (χ2n) is 12.6. The minimum atomic E-state index is -0.980. The lowest BCUT2D eigenvalue weighted by molar-refractivity contribution is -0.153. The topological polar surface area (TPSA) is 139 Å². The fourth-order valence-electron chi connectivity index (χ4n) is 5.05. The number of ether oxygens (including phenoxy) is 4. The van der Waals surface area contributed by atoms with Crippen molar-refractivity contribution in [3.63, 3.8) is 0 Å². The second-order valence-corrected chi connectivity index (χ2v) is 12.6. The van der Waals surface area contributed by atoms with E-state index in [1.54, 1.807) is 55.7 Å². The fraction of sp³-hybridized carbons (Fsp3) is 0.316. The van der Waals surface area contributed by atoms with Gasteiger partial charge in [0.05, 0.1) is 41.9 Å². The molecule has 2 unspecified atom stereocenters. The van der Waals surface area contributed by atoms with Crippen LogP contribution in [-0.2, 0) is 43.3 Å². The number of halogens is 2. The number of fused-ring (bicyclic) bond motifs is 1. The number of hydrogen-bond acceptors (Lipinski definition) is 9. The van der Waals surface area contributed by atoms with Gasteiger partial charge in [-0.25, -0.2) is 23.4 Å². The number of allylic oxidation sites excluding steroid dienone is 3. The predicted octanol–water partition coefficient (Wildman–Crippen LogP) is 6.60. The summed E-state index contributed by atoms with van der Waals surface area (Å²) in [6.07, 6.45) is 4.10. The zero-order chi connectivity index (χ0) is 36.6. The third-order valence-electron chi connectivity index (χ3n) is 7.75. The number of carbonyl (C=O) groups is 2. The van der Waals surface area contributed by atoms with Gasteiger partial charge >= 0.3 is 11.9 Å². The van der Waals surface area contributed by atoms with Crippen molar-refractivity contribution in [2.75, 3.05) is 14.2 Å². The van der Waals surface area contributed by atoms with E-state index in [2.05, 4.69) is 0 Å². The molecule has 0 radical (unpaired) electrons. The highest BCUT2D eigenvalue weighted by molar-refractivity contribution is 5.94. The molecule has 4 aromatic rings. The van der Waals surface area contributed by atoms with Crippen molar-refractivity contribution in [1.29, 1.82) is 5.26 Å². The summed E-state index contributed by atoms with van der Waals surface area (Å²) in [7, 11) is 2.64. The molecule has 0 fully saturated rings. The van der Waals surface area contributed by atoms with Gasteiger partial charge in [-0.05, 0) is 80.3 Å². The first-order valence-corrected chi connectivity index (χ1v) is 15.8. The molecule has 0 aliphatic heterocycles. The Labute approximate surface area is 289 Å². The molecule has 2 N–H and O–H groups in total. The molecular formula is C38H40F2N4O6. The number of nitriles is 1. The van der Waals surface area contributed by atoms with E-state index in [1.807, 2.05) is 25.1 Å². The van der Waals surface area contributed by atoms with E-state index in [0.717, 1.165) is 6.07 Å². The Morgan fingerprint density at radius 1 is 1.04 bits per heavy atom. The molecule has 10 nitrogen and oxygen atoms in total. The van der Waals surface area contributed by atoms with Gasteiger partial charge in [0, 0.05) is 19.1 Å². The van der Waals surface area contributed by atoms with Crippen LogP contribution in [0.5, 0.6) is 0 Å². The maximum Gasteiger partial charge on any atom is 0.338 e. The first-order valence-electron chi connectivity index (χ1n) is 15.8. The molecular weight excluding hydrogens is 646 g/mol. The number of imidazole rings is 1. The minimum Gasteiger partial charge on any atom is -0.474 e. The van der Waals surface area contributed by atoms with E-state index >= 15 is 4.39 Å². The van der Waals surface area contributed by atoms with Crippen molar-refractivity contribution >= 4 is 23.0 Å². The van der Waals surface area contributed by atoms with Crippen LogP contribution in [0.3, 0.4) is 0 Å². The quantitative estimate of drug-likeness (QED) is 0.0937. The summed E-state index contributed by atoms with van der Waals surface area (Å²) in [6, 6.07) is 15.8. The smallest absolute Gasteiger partial charge is 0.338 e. The average Bonchev–Trinajstić information content (AvgIpc) is 3.41. The Hall–Kier alpha value is -5.54. The molecule has 2 atom stereocenters. The SMILES string of the molecule is COC(=O)C(Cn1c(Cc2ccc(C(C)/C=C\C=C(/N)OCc3ccc(C#N)cc3F)cc2F)nc2ccc(C(=O)OC(C)(C)C)cc21)OC. The number of nitrogens with two attached hydrogens (primary N) is 1. The van der Waals surface area contributed by atoms with Crippen LogP contribution in [0.1, 0.15) is 72.0 Å². The molecule has 0 amide bonds. The molecule has 0 saturated heterocycles. The highest BCUT2D eigenvalue weighted by Gasteiger charge is 2.25. The average molecular weight is 687 g/mol. The first-order chi connectivity index (χ1) is 23.7. The van der Waals surface area contributed by atoms with Gasteiger partial charge < -0.3 is 29.2 Å². The summed E-state index contributed by atoms with van der Waals surface area (Å²) in [5.74, 6) is -1.80. The standard InChI is InChI=1S/C38H40F2N4O6/c1-23(8-7-9-34(42)49-22-28-11-10-24(20-41)16-29(28)39)25-12-13-26(30(40)17-25)19-35-43-31-15-14-27(36(45)50-38(2,3)4)18-32(31)44(35)21-33(47-5)37(46)48-6/h7-18,23,33H,19,21-22,42H2,1-6H3/b8-7-,34-9+. The van der Waals surface area contributed by atoms with Crippen molar-refractivity contribution < 1.29 is 37.3 Å². The molecule has 262 valence electrons. The molecule has 0 aliphatic rings. The van der Waals surface area contributed by atoms with Crippen molar-refractivity contribution in [3.05, 3.63) is 124 Å². The zero-order valence-corrected chi connectivity index (χ0v) is 28.8. The van der Waals surface area contributed by atoms with Gasteiger partial charge in [-0.1, -0.05) is 37.3 Å². The van der Waals surface area contributed by atoms with Gasteiger partial charge in [0.25, 0.3) is 0 Å². The fourth-order valence-corrected chi connectivity index (χ4v) is 5.05. The number of hydrogen-bond donors (Lipinski definition) is 1. The van der Waals surface area contributed by atoms with Crippen LogP contribution in [0.4, 0.5) is 8.78 Å². The summed E-state index contributed by atoms with van der Waals surface area (Å²) in [5.41, 5.74) is 8.14. The van der Waals surface area contributed by atoms with Gasteiger partial charge in [0.1, 0.15) is 29.7 Å². The summed E-state index contributed by atoms with van der Waals surface area (Å²) in [4.78, 5) is 30.0. The van der Waals surface area contributed by atoms with Gasteiger partial charge in [-0.2, -0.15) is 5.26 Å². The monoisotopic (exact) mass is 686 g/mol. The maximum atomic E-state index is 15.6. The Balaban J connectivity index is 1.53. The van der Waals surface area contributed by atoms with E-state index in [-0.39, 0.29) is 42.5 Å². The lowest BCUT2D eigenvalue weighted by Gasteiger charge is -2.19. The summed E-state index contributed by atoms with van der Waals surface area (Å²) in [5, 5.41) is 8.88. The Morgan fingerprint density at radius 3 is 2.40 bits per heavy atom. The van der Waals surface area contributed by atoms with E-state index in [1.165, 1.54) is 38.5 Å². The molecule has 0 aliphatic carbocycles. The van der Waals surface area contributed by atoms with Crippen molar-refractivity contribution in [3.8, 4) is 6.07 Å². The van der Waals surface area contributed by atoms with Crippen LogP contribution >= 0.6 is 0 Å². The molecule has 1 aromatic heterocycles. The molecule has 50 heavy (non-hydrogen) atoms. The van der Waals surface area contributed by atoms with Gasteiger partial charge in [0.15, 0.2) is 12.0 Å². The predicted molar refractivity (Wildman–Crippen MR) is 183 cm³/mol. The summed E-state index contributed by atoms with van der Waals surface area (Å²) in [6.45, 7) is 7.12. The normalized spacial score (nSPS) is 13.2. The third-order valence-corrected chi connectivity index (χ3v) is 7.75. The number of rotatable bonds is 13. The van der Waals surface area contributed by atoms with Crippen molar-refractivity contribution in [2.45, 2.75) is 64.9 Å². The Kier molecular flexibility index (Phi) is 12.1. The number of aromatic nitrogens is 2. The summed E-state index contributed by atoms with van der Waals surface area (Å²) >= 11 is 0. The molecule has 1 heterocycles. The van der Waals surface area contributed by atoms with E-state index in [0.29, 0.717) is 33.5 Å². The van der Waals surface area contributed by atoms with Crippen LogP contribution in [0, 0.1) is 23.0 Å². The van der Waals surface area contributed by atoms with Crippen LogP contribution < -0.4 is 5.73 Å². The molecule has 0 saturated carbocycles. The van der Waals surface area contributed by atoms with E-state index in [9.17, 15) is 14.0 Å². The van der Waals surface area contributed by atoms with Crippen molar-refractivity contribution in [1.82, 2.24) is 9.55 Å². The molecule has 3 aromatic carbocycles.